The molecule has 34 heavy (non-hydrogen) atoms. The van der Waals surface area contributed by atoms with Crippen LogP contribution in [0.3, 0.4) is 0 Å². The molecule has 0 atom stereocenters. The van der Waals surface area contributed by atoms with E-state index in [1.807, 2.05) is 24.5 Å². The number of aliphatic imine (C=N–C) groups is 1. The van der Waals surface area contributed by atoms with Gasteiger partial charge in [0.15, 0.2) is 5.84 Å². The Bertz CT molecular complexity index is 1230. The summed E-state index contributed by atoms with van der Waals surface area (Å²) in [7, 11) is 0. The molecule has 176 valence electrons. The van der Waals surface area contributed by atoms with Crippen LogP contribution in [0.25, 0.3) is 11.8 Å². The highest BCUT2D eigenvalue weighted by atomic mass is 32.2. The molecular formula is C26H28FN5OS. The van der Waals surface area contributed by atoms with Gasteiger partial charge in [-0.25, -0.2) is 4.39 Å². The van der Waals surface area contributed by atoms with Crippen LogP contribution in [-0.4, -0.2) is 31.5 Å². The van der Waals surface area contributed by atoms with Gasteiger partial charge in [0.1, 0.15) is 10.9 Å². The predicted molar refractivity (Wildman–Crippen MR) is 136 cm³/mol. The van der Waals surface area contributed by atoms with Gasteiger partial charge >= 0.3 is 0 Å². The first-order chi connectivity index (χ1) is 16.4. The average Bonchev–Trinajstić information content (AvgIpc) is 3.36. The number of thioether (sulfide) groups is 1. The quantitative estimate of drug-likeness (QED) is 0.520. The van der Waals surface area contributed by atoms with Gasteiger partial charge in [-0.05, 0) is 86.3 Å². The van der Waals surface area contributed by atoms with E-state index >= 15 is 0 Å². The summed E-state index contributed by atoms with van der Waals surface area (Å²) in [6.07, 6.45) is 10.2. The number of benzene rings is 1. The summed E-state index contributed by atoms with van der Waals surface area (Å²) in [4.78, 5) is 17.1. The predicted octanol–water partition coefficient (Wildman–Crippen LogP) is 6.21. The third kappa shape index (κ3) is 4.39. The van der Waals surface area contributed by atoms with Crippen LogP contribution >= 0.6 is 11.8 Å². The van der Waals surface area contributed by atoms with Gasteiger partial charge in [-0.3, -0.25) is 10.2 Å². The number of fused-ring (bicyclic) bond motifs is 1. The number of hydrogen-bond donors (Lipinski definition) is 1. The highest BCUT2D eigenvalue weighted by Crippen LogP contribution is 2.33. The molecule has 1 aromatic heterocycles. The van der Waals surface area contributed by atoms with Gasteiger partial charge in [0.2, 0.25) is 5.17 Å². The van der Waals surface area contributed by atoms with E-state index in [9.17, 15) is 9.18 Å². The zero-order valence-corrected chi connectivity index (χ0v) is 20.3. The average molecular weight is 478 g/mol. The van der Waals surface area contributed by atoms with Crippen LogP contribution in [0.2, 0.25) is 0 Å². The van der Waals surface area contributed by atoms with E-state index in [1.165, 1.54) is 61.0 Å². The Morgan fingerprint density at radius 1 is 1.18 bits per heavy atom. The van der Waals surface area contributed by atoms with Crippen LogP contribution in [0.5, 0.6) is 0 Å². The SMILES string of the molecule is Cc1cc(/C=C2\C(=N)N3N=C(CCC4CCCCC4)SC3=NC2=O)c(C)n1-c1ccc(F)cc1. The third-order valence-corrected chi connectivity index (χ3v) is 7.81. The van der Waals surface area contributed by atoms with Crippen LogP contribution in [0.15, 0.2) is 46.0 Å². The smallest absolute Gasteiger partial charge is 0.283 e. The largest absolute Gasteiger partial charge is 0.318 e. The summed E-state index contributed by atoms with van der Waals surface area (Å²) >= 11 is 1.41. The molecule has 0 saturated heterocycles. The zero-order chi connectivity index (χ0) is 23.8. The first-order valence-electron chi connectivity index (χ1n) is 11.8. The summed E-state index contributed by atoms with van der Waals surface area (Å²) in [5, 5.41) is 16.2. The van der Waals surface area contributed by atoms with Gasteiger partial charge in [0.05, 0.1) is 5.57 Å². The Morgan fingerprint density at radius 2 is 1.91 bits per heavy atom. The molecular weight excluding hydrogens is 449 g/mol. The van der Waals surface area contributed by atoms with Crippen LogP contribution in [0.4, 0.5) is 4.39 Å². The molecule has 3 aliphatic rings. The Labute approximate surface area is 203 Å². The van der Waals surface area contributed by atoms with Gasteiger partial charge in [-0.15, -0.1) is 0 Å². The molecule has 0 unspecified atom stereocenters. The van der Waals surface area contributed by atoms with Gasteiger partial charge in [0.25, 0.3) is 5.91 Å². The van der Waals surface area contributed by atoms with Gasteiger partial charge < -0.3 is 4.57 Å². The van der Waals surface area contributed by atoms with E-state index in [4.69, 9.17) is 5.41 Å². The number of aromatic nitrogens is 1. The molecule has 1 aromatic carbocycles. The van der Waals surface area contributed by atoms with Crippen molar-refractivity contribution in [2.45, 2.75) is 58.8 Å². The lowest BCUT2D eigenvalue weighted by molar-refractivity contribution is -0.114. The molecule has 1 aliphatic carbocycles. The molecule has 1 fully saturated rings. The van der Waals surface area contributed by atoms with Crippen molar-refractivity contribution in [2.75, 3.05) is 0 Å². The highest BCUT2D eigenvalue weighted by molar-refractivity contribution is 8.26. The maximum Gasteiger partial charge on any atom is 0.283 e. The van der Waals surface area contributed by atoms with E-state index < -0.39 is 5.91 Å². The topological polar surface area (TPSA) is 73.8 Å². The van der Waals surface area contributed by atoms with Gasteiger partial charge in [-0.2, -0.15) is 15.1 Å². The van der Waals surface area contributed by atoms with Crippen LogP contribution in [0, 0.1) is 31.0 Å². The summed E-state index contributed by atoms with van der Waals surface area (Å²) in [5.41, 5.74) is 3.74. The van der Waals surface area contributed by atoms with Crippen LogP contribution in [0.1, 0.15) is 61.9 Å². The van der Waals surface area contributed by atoms with Gasteiger partial charge in [0, 0.05) is 17.1 Å². The maximum absolute atomic E-state index is 13.4. The van der Waals surface area contributed by atoms with E-state index in [0.717, 1.165) is 46.4 Å². The van der Waals surface area contributed by atoms with Crippen LogP contribution in [-0.2, 0) is 4.79 Å². The molecule has 0 radical (unpaired) electrons. The first-order valence-corrected chi connectivity index (χ1v) is 12.7. The number of hydrazone groups is 1. The molecule has 1 saturated carbocycles. The standard InChI is InChI=1S/C26H28FN5OS/c1-16-14-19(17(2)31(16)21-11-9-20(27)10-12-21)15-22-24(28)32-26(29-25(22)33)34-23(30-32)13-8-18-6-4-3-5-7-18/h9-12,14-15,18,28H,3-8,13H2,1-2H3/b22-15+,28-24?. The summed E-state index contributed by atoms with van der Waals surface area (Å²) < 4.78 is 15.4. The number of amides is 1. The second-order valence-corrected chi connectivity index (χ2v) is 10.2. The second-order valence-electron chi connectivity index (χ2n) is 9.19. The van der Waals surface area contributed by atoms with Crippen molar-refractivity contribution >= 4 is 39.8 Å². The number of nitrogens with one attached hydrogen (secondary N) is 1. The highest BCUT2D eigenvalue weighted by Gasteiger charge is 2.35. The molecule has 1 amide bonds. The molecule has 0 bridgehead atoms. The first kappa shape index (κ1) is 22.8. The number of carbonyl (C=O) groups excluding carboxylic acids is 1. The lowest BCUT2D eigenvalue weighted by Gasteiger charge is -2.20. The summed E-state index contributed by atoms with van der Waals surface area (Å²) in [6.45, 7) is 3.91. The van der Waals surface area contributed by atoms with Crippen molar-refractivity contribution in [3.05, 3.63) is 58.7 Å². The number of hydrogen-bond acceptors (Lipinski definition) is 4. The Balaban J connectivity index is 1.37. The fourth-order valence-electron chi connectivity index (χ4n) is 5.01. The number of halogens is 1. The lowest BCUT2D eigenvalue weighted by atomic mass is 9.86. The number of nitrogens with zero attached hydrogens (tertiary/aromatic N) is 4. The monoisotopic (exact) mass is 477 g/mol. The Morgan fingerprint density at radius 3 is 2.65 bits per heavy atom. The number of rotatable bonds is 5. The third-order valence-electron chi connectivity index (χ3n) is 6.84. The van der Waals surface area contributed by atoms with Crippen molar-refractivity contribution in [1.29, 1.82) is 5.41 Å². The van der Waals surface area contributed by atoms with E-state index in [1.54, 1.807) is 18.2 Å². The Hall–Kier alpha value is -3.00. The van der Waals surface area contributed by atoms with E-state index in [0.29, 0.717) is 5.17 Å². The second kappa shape index (κ2) is 9.33. The fraction of sp³-hybridized carbons (Fsp3) is 0.385. The van der Waals surface area contributed by atoms with Crippen molar-refractivity contribution in [2.24, 2.45) is 16.0 Å². The fourth-order valence-corrected chi connectivity index (χ4v) is 5.91. The minimum Gasteiger partial charge on any atom is -0.318 e. The van der Waals surface area contributed by atoms with E-state index in [2.05, 4.69) is 10.1 Å². The number of aryl methyl sites for hydroxylation is 1. The van der Waals surface area contributed by atoms with Crippen molar-refractivity contribution in [3.63, 3.8) is 0 Å². The molecule has 3 heterocycles. The minimum atomic E-state index is -0.418. The van der Waals surface area contributed by atoms with E-state index in [-0.39, 0.29) is 17.2 Å². The zero-order valence-electron chi connectivity index (χ0n) is 19.5. The molecule has 1 N–H and O–H groups in total. The Kier molecular flexibility index (Phi) is 6.25. The maximum atomic E-state index is 13.4. The summed E-state index contributed by atoms with van der Waals surface area (Å²) in [6, 6.07) is 8.27. The van der Waals surface area contributed by atoms with Crippen LogP contribution < -0.4 is 0 Å². The molecule has 6 nitrogen and oxygen atoms in total. The lowest BCUT2D eigenvalue weighted by Crippen LogP contribution is -2.35. The molecule has 2 aromatic rings. The van der Waals surface area contributed by atoms with Crippen molar-refractivity contribution < 1.29 is 9.18 Å². The summed E-state index contributed by atoms with van der Waals surface area (Å²) in [5.74, 6) is 0.107. The molecule has 2 aliphatic heterocycles. The number of carbonyl (C=O) groups is 1. The van der Waals surface area contributed by atoms with Crippen molar-refractivity contribution in [3.8, 4) is 5.69 Å². The van der Waals surface area contributed by atoms with Crippen molar-refractivity contribution in [1.82, 2.24) is 9.58 Å². The minimum absolute atomic E-state index is 0.0572. The molecule has 0 spiro atoms. The molecule has 5 rings (SSSR count). The number of amidine groups is 2. The molecule has 8 heteroatoms. The normalized spacial score (nSPS) is 20.1. The van der Waals surface area contributed by atoms with Gasteiger partial charge in [-0.1, -0.05) is 32.1 Å².